The SMILES string of the molecule is Cn1cnc(CNC(=O)c2ccnc(Cl)c2)n1. The molecule has 0 aliphatic rings. The van der Waals surface area contributed by atoms with Gasteiger partial charge in [0.15, 0.2) is 5.82 Å². The van der Waals surface area contributed by atoms with Gasteiger partial charge in [0, 0.05) is 18.8 Å². The van der Waals surface area contributed by atoms with Crippen molar-refractivity contribution in [2.75, 3.05) is 0 Å². The first kappa shape index (κ1) is 11.5. The molecule has 0 radical (unpaired) electrons. The van der Waals surface area contributed by atoms with Crippen molar-refractivity contribution in [1.29, 1.82) is 0 Å². The van der Waals surface area contributed by atoms with Crippen LogP contribution in [-0.2, 0) is 13.6 Å². The fourth-order valence-electron chi connectivity index (χ4n) is 1.27. The molecule has 0 aromatic carbocycles. The summed E-state index contributed by atoms with van der Waals surface area (Å²) in [6, 6.07) is 3.09. The quantitative estimate of drug-likeness (QED) is 0.819. The van der Waals surface area contributed by atoms with Crippen molar-refractivity contribution in [2.24, 2.45) is 7.05 Å². The Kier molecular flexibility index (Phi) is 3.34. The molecular weight excluding hydrogens is 242 g/mol. The topological polar surface area (TPSA) is 72.7 Å². The number of nitrogens with zero attached hydrogens (tertiary/aromatic N) is 4. The van der Waals surface area contributed by atoms with Gasteiger partial charge in [0.1, 0.15) is 11.5 Å². The number of carbonyl (C=O) groups excluding carboxylic acids is 1. The second kappa shape index (κ2) is 4.92. The van der Waals surface area contributed by atoms with E-state index in [1.807, 2.05) is 0 Å². The average Bonchev–Trinajstić information content (AvgIpc) is 2.72. The van der Waals surface area contributed by atoms with E-state index in [1.54, 1.807) is 24.1 Å². The highest BCUT2D eigenvalue weighted by molar-refractivity contribution is 6.29. The Morgan fingerprint density at radius 3 is 3.00 bits per heavy atom. The van der Waals surface area contributed by atoms with Crippen LogP contribution in [0.2, 0.25) is 5.15 Å². The standard InChI is InChI=1S/C10H10ClN5O/c1-16-6-14-9(15-16)5-13-10(17)7-2-3-12-8(11)4-7/h2-4,6H,5H2,1H3,(H,13,17). The minimum absolute atomic E-state index is 0.234. The fraction of sp³-hybridized carbons (Fsp3) is 0.200. The molecule has 0 saturated heterocycles. The Bertz CT molecular complexity index is 539. The number of rotatable bonds is 3. The molecule has 2 aromatic heterocycles. The van der Waals surface area contributed by atoms with Crippen molar-refractivity contribution >= 4 is 17.5 Å². The molecule has 2 aromatic rings. The number of hydrogen-bond acceptors (Lipinski definition) is 4. The first-order valence-corrected chi connectivity index (χ1v) is 5.27. The van der Waals surface area contributed by atoms with Gasteiger partial charge in [-0.3, -0.25) is 9.48 Å². The summed E-state index contributed by atoms with van der Waals surface area (Å²) < 4.78 is 1.57. The normalized spacial score (nSPS) is 10.2. The molecule has 88 valence electrons. The number of amides is 1. The molecule has 2 rings (SSSR count). The molecule has 7 heteroatoms. The average molecular weight is 252 g/mol. The first-order valence-electron chi connectivity index (χ1n) is 4.89. The summed E-state index contributed by atoms with van der Waals surface area (Å²) in [4.78, 5) is 19.5. The summed E-state index contributed by atoms with van der Waals surface area (Å²) in [7, 11) is 1.76. The number of aryl methyl sites for hydroxylation is 1. The molecule has 1 N–H and O–H groups in total. The van der Waals surface area contributed by atoms with Gasteiger partial charge in [0.25, 0.3) is 5.91 Å². The largest absolute Gasteiger partial charge is 0.345 e. The maximum Gasteiger partial charge on any atom is 0.251 e. The van der Waals surface area contributed by atoms with Gasteiger partial charge < -0.3 is 5.32 Å². The van der Waals surface area contributed by atoms with Gasteiger partial charge in [-0.1, -0.05) is 11.6 Å². The molecule has 0 spiro atoms. The summed E-state index contributed by atoms with van der Waals surface area (Å²) in [5, 5.41) is 7.02. The molecule has 0 bridgehead atoms. The molecule has 0 unspecified atom stereocenters. The third-order valence-corrected chi connectivity index (χ3v) is 2.25. The van der Waals surface area contributed by atoms with Gasteiger partial charge in [-0.2, -0.15) is 5.10 Å². The maximum atomic E-state index is 11.7. The van der Waals surface area contributed by atoms with E-state index in [4.69, 9.17) is 11.6 Å². The summed E-state index contributed by atoms with van der Waals surface area (Å²) in [6.07, 6.45) is 3.06. The third-order valence-electron chi connectivity index (χ3n) is 2.04. The molecule has 17 heavy (non-hydrogen) atoms. The third kappa shape index (κ3) is 3.01. The lowest BCUT2D eigenvalue weighted by Crippen LogP contribution is -2.23. The Hall–Kier alpha value is -1.95. The van der Waals surface area contributed by atoms with Crippen molar-refractivity contribution in [3.63, 3.8) is 0 Å². The maximum absolute atomic E-state index is 11.7. The zero-order valence-electron chi connectivity index (χ0n) is 9.09. The number of hydrogen-bond donors (Lipinski definition) is 1. The van der Waals surface area contributed by atoms with Crippen LogP contribution in [0.3, 0.4) is 0 Å². The Balaban J connectivity index is 1.98. The van der Waals surface area contributed by atoms with Crippen LogP contribution in [0.1, 0.15) is 16.2 Å². The molecule has 2 heterocycles. The number of nitrogens with one attached hydrogen (secondary N) is 1. The molecule has 0 fully saturated rings. The predicted molar refractivity (Wildman–Crippen MR) is 61.4 cm³/mol. The van der Waals surface area contributed by atoms with Crippen LogP contribution in [0.4, 0.5) is 0 Å². The number of carbonyl (C=O) groups is 1. The Morgan fingerprint density at radius 2 is 2.35 bits per heavy atom. The van der Waals surface area contributed by atoms with E-state index in [9.17, 15) is 4.79 Å². The molecule has 0 aliphatic carbocycles. The molecule has 1 amide bonds. The van der Waals surface area contributed by atoms with Gasteiger partial charge in [-0.25, -0.2) is 9.97 Å². The predicted octanol–water partition coefficient (Wildman–Crippen LogP) is 0.793. The zero-order chi connectivity index (χ0) is 12.3. The minimum atomic E-state index is -0.234. The number of pyridine rings is 1. The van der Waals surface area contributed by atoms with Gasteiger partial charge in [-0.05, 0) is 12.1 Å². The van der Waals surface area contributed by atoms with Gasteiger partial charge in [-0.15, -0.1) is 0 Å². The van der Waals surface area contributed by atoms with Crippen molar-refractivity contribution in [1.82, 2.24) is 25.1 Å². The Morgan fingerprint density at radius 1 is 1.53 bits per heavy atom. The highest BCUT2D eigenvalue weighted by Gasteiger charge is 2.07. The molecule has 0 aliphatic heterocycles. The first-order chi connectivity index (χ1) is 8.15. The zero-order valence-corrected chi connectivity index (χ0v) is 9.85. The Labute approximate surface area is 103 Å². The van der Waals surface area contributed by atoms with Gasteiger partial charge in [0.2, 0.25) is 0 Å². The van der Waals surface area contributed by atoms with E-state index in [0.29, 0.717) is 11.4 Å². The van der Waals surface area contributed by atoms with E-state index < -0.39 is 0 Å². The molecular formula is C10H10ClN5O. The smallest absolute Gasteiger partial charge is 0.251 e. The lowest BCUT2D eigenvalue weighted by molar-refractivity contribution is 0.0949. The highest BCUT2D eigenvalue weighted by Crippen LogP contribution is 2.06. The van der Waals surface area contributed by atoms with Crippen LogP contribution in [0.25, 0.3) is 0 Å². The second-order valence-corrected chi connectivity index (χ2v) is 3.77. The van der Waals surface area contributed by atoms with Gasteiger partial charge in [0.05, 0.1) is 6.54 Å². The number of aromatic nitrogens is 4. The van der Waals surface area contributed by atoms with E-state index >= 15 is 0 Å². The van der Waals surface area contributed by atoms with Gasteiger partial charge >= 0.3 is 0 Å². The highest BCUT2D eigenvalue weighted by atomic mass is 35.5. The monoisotopic (exact) mass is 251 g/mol. The van der Waals surface area contributed by atoms with E-state index in [2.05, 4.69) is 20.4 Å². The molecule has 6 nitrogen and oxygen atoms in total. The summed E-state index contributed by atoms with van der Waals surface area (Å²) >= 11 is 5.69. The van der Waals surface area contributed by atoms with E-state index in [-0.39, 0.29) is 17.6 Å². The molecule has 0 atom stereocenters. The summed E-state index contributed by atoms with van der Waals surface area (Å²) in [5.74, 6) is 0.322. The van der Waals surface area contributed by atoms with Crippen LogP contribution in [0.15, 0.2) is 24.7 Å². The lowest BCUT2D eigenvalue weighted by Gasteiger charge is -2.02. The van der Waals surface area contributed by atoms with Crippen LogP contribution in [0.5, 0.6) is 0 Å². The van der Waals surface area contributed by atoms with Crippen molar-refractivity contribution < 1.29 is 4.79 Å². The minimum Gasteiger partial charge on any atom is -0.345 e. The van der Waals surface area contributed by atoms with Crippen LogP contribution in [-0.4, -0.2) is 25.7 Å². The van der Waals surface area contributed by atoms with Crippen LogP contribution < -0.4 is 5.32 Å². The summed E-state index contributed by atoms with van der Waals surface area (Å²) in [5.41, 5.74) is 0.459. The van der Waals surface area contributed by atoms with E-state index in [0.717, 1.165) is 0 Å². The lowest BCUT2D eigenvalue weighted by atomic mass is 10.2. The second-order valence-electron chi connectivity index (χ2n) is 3.38. The van der Waals surface area contributed by atoms with Crippen molar-refractivity contribution in [2.45, 2.75) is 6.54 Å². The van der Waals surface area contributed by atoms with Crippen molar-refractivity contribution in [3.05, 3.63) is 41.2 Å². The summed E-state index contributed by atoms with van der Waals surface area (Å²) in [6.45, 7) is 0.277. The van der Waals surface area contributed by atoms with Crippen LogP contribution >= 0.6 is 11.6 Å². The van der Waals surface area contributed by atoms with E-state index in [1.165, 1.54) is 12.3 Å². The fourth-order valence-corrected chi connectivity index (χ4v) is 1.44. The molecule has 0 saturated carbocycles. The number of halogens is 1. The van der Waals surface area contributed by atoms with Crippen molar-refractivity contribution in [3.8, 4) is 0 Å². The van der Waals surface area contributed by atoms with Crippen LogP contribution in [0, 0.1) is 0 Å².